The van der Waals surface area contributed by atoms with E-state index in [0.29, 0.717) is 5.82 Å². The molecule has 4 nitrogen and oxygen atoms in total. The van der Waals surface area contributed by atoms with Crippen LogP contribution >= 0.6 is 0 Å². The number of hydrogen-bond donors (Lipinski definition) is 0. The molecule has 0 aliphatic rings. The number of aromatic nitrogens is 2. The number of hydrogen-bond acceptors (Lipinski definition) is 4. The van der Waals surface area contributed by atoms with E-state index in [9.17, 15) is 0 Å². The van der Waals surface area contributed by atoms with Gasteiger partial charge >= 0.3 is 0 Å². The molecule has 0 atom stereocenters. The zero-order valence-corrected chi connectivity index (χ0v) is 7.71. The van der Waals surface area contributed by atoms with Crippen LogP contribution in [0.15, 0.2) is 40.1 Å². The van der Waals surface area contributed by atoms with Gasteiger partial charge < -0.3 is 4.52 Å². The number of nitrogens with zero attached hydrogens (tertiary/aromatic N) is 3. The third-order valence-corrected chi connectivity index (χ3v) is 1.65. The van der Waals surface area contributed by atoms with Gasteiger partial charge in [-0.1, -0.05) is 11.2 Å². The molecule has 0 fully saturated rings. The Morgan fingerprint density at radius 1 is 1.50 bits per heavy atom. The molecule has 2 heterocycles. The van der Waals surface area contributed by atoms with Crippen molar-refractivity contribution in [3.63, 3.8) is 0 Å². The SMILES string of the molecule is Cc1cc(N=Cc2cccnc2)no1. The Bertz CT molecular complexity index is 434. The smallest absolute Gasteiger partial charge is 0.195 e. The molecule has 0 unspecified atom stereocenters. The molecule has 2 rings (SSSR count). The highest BCUT2D eigenvalue weighted by Gasteiger charge is 1.95. The van der Waals surface area contributed by atoms with Crippen molar-refractivity contribution < 1.29 is 4.52 Å². The molecule has 0 aromatic carbocycles. The third kappa shape index (κ3) is 2.04. The predicted octanol–water partition coefficient (Wildman–Crippen LogP) is 2.13. The standard InChI is InChI=1S/C10H9N3O/c1-8-5-10(13-14-8)12-7-9-3-2-4-11-6-9/h2-7H,1H3. The topological polar surface area (TPSA) is 51.3 Å². The molecule has 2 aromatic rings. The molecule has 4 heteroatoms. The molecule has 0 N–H and O–H groups in total. The Kier molecular flexibility index (Phi) is 2.36. The number of aliphatic imine (C=N–C) groups is 1. The molecule has 0 amide bonds. The minimum Gasteiger partial charge on any atom is -0.359 e. The van der Waals surface area contributed by atoms with Crippen molar-refractivity contribution in [1.82, 2.24) is 10.1 Å². The van der Waals surface area contributed by atoms with Gasteiger partial charge in [0.15, 0.2) is 5.82 Å². The molecule has 0 bridgehead atoms. The molecule has 2 aromatic heterocycles. The van der Waals surface area contributed by atoms with E-state index in [2.05, 4.69) is 15.1 Å². The molecule has 70 valence electrons. The van der Waals surface area contributed by atoms with Gasteiger partial charge in [0.1, 0.15) is 5.76 Å². The Hall–Kier alpha value is -1.97. The lowest BCUT2D eigenvalue weighted by atomic mass is 10.3. The first-order valence-corrected chi connectivity index (χ1v) is 4.22. The van der Waals surface area contributed by atoms with Crippen LogP contribution in [0, 0.1) is 6.92 Å². The molecular formula is C10H9N3O. The number of pyridine rings is 1. The lowest BCUT2D eigenvalue weighted by Gasteiger charge is -1.87. The lowest BCUT2D eigenvalue weighted by Crippen LogP contribution is -1.80. The average Bonchev–Trinajstić information content (AvgIpc) is 2.63. The summed E-state index contributed by atoms with van der Waals surface area (Å²) in [4.78, 5) is 8.09. The largest absolute Gasteiger partial charge is 0.359 e. The van der Waals surface area contributed by atoms with Crippen LogP contribution in [-0.2, 0) is 0 Å². The zero-order chi connectivity index (χ0) is 9.80. The monoisotopic (exact) mass is 187 g/mol. The van der Waals surface area contributed by atoms with Gasteiger partial charge in [0.2, 0.25) is 0 Å². The van der Waals surface area contributed by atoms with Crippen molar-refractivity contribution in [3.05, 3.63) is 41.9 Å². The Balaban J connectivity index is 2.15. The summed E-state index contributed by atoms with van der Waals surface area (Å²) in [7, 11) is 0. The van der Waals surface area contributed by atoms with E-state index >= 15 is 0 Å². The van der Waals surface area contributed by atoms with Crippen molar-refractivity contribution in [2.75, 3.05) is 0 Å². The number of aryl methyl sites for hydroxylation is 1. The second-order valence-electron chi connectivity index (χ2n) is 2.84. The zero-order valence-electron chi connectivity index (χ0n) is 7.71. The van der Waals surface area contributed by atoms with E-state index in [4.69, 9.17) is 4.52 Å². The van der Waals surface area contributed by atoms with Gasteiger partial charge in [-0.3, -0.25) is 4.98 Å². The van der Waals surface area contributed by atoms with Gasteiger partial charge in [-0.15, -0.1) is 0 Å². The maximum absolute atomic E-state index is 4.87. The van der Waals surface area contributed by atoms with E-state index in [0.717, 1.165) is 11.3 Å². The van der Waals surface area contributed by atoms with Crippen LogP contribution in [0.5, 0.6) is 0 Å². The van der Waals surface area contributed by atoms with E-state index in [1.165, 1.54) is 0 Å². The minimum absolute atomic E-state index is 0.575. The molecule has 0 aliphatic carbocycles. The van der Waals surface area contributed by atoms with Gasteiger partial charge in [-0.05, 0) is 13.0 Å². The normalized spacial score (nSPS) is 10.9. The van der Waals surface area contributed by atoms with Crippen molar-refractivity contribution >= 4 is 12.0 Å². The Labute approximate surface area is 81.3 Å². The highest BCUT2D eigenvalue weighted by molar-refractivity contribution is 5.80. The summed E-state index contributed by atoms with van der Waals surface area (Å²) >= 11 is 0. The van der Waals surface area contributed by atoms with E-state index < -0.39 is 0 Å². The molecule has 0 saturated carbocycles. The lowest BCUT2D eigenvalue weighted by molar-refractivity contribution is 0.399. The maximum atomic E-state index is 4.87. The minimum atomic E-state index is 0.575. The average molecular weight is 187 g/mol. The summed E-state index contributed by atoms with van der Waals surface area (Å²) in [6.45, 7) is 1.83. The van der Waals surface area contributed by atoms with Gasteiger partial charge in [-0.25, -0.2) is 4.99 Å². The van der Waals surface area contributed by atoms with Crippen molar-refractivity contribution in [2.24, 2.45) is 4.99 Å². The Morgan fingerprint density at radius 3 is 3.07 bits per heavy atom. The summed E-state index contributed by atoms with van der Waals surface area (Å²) in [6, 6.07) is 5.55. The molecular weight excluding hydrogens is 178 g/mol. The van der Waals surface area contributed by atoms with E-state index in [-0.39, 0.29) is 0 Å². The van der Waals surface area contributed by atoms with Gasteiger partial charge in [0.05, 0.1) is 0 Å². The van der Waals surface area contributed by atoms with Crippen molar-refractivity contribution in [1.29, 1.82) is 0 Å². The second kappa shape index (κ2) is 3.83. The predicted molar refractivity (Wildman–Crippen MR) is 52.7 cm³/mol. The number of rotatable bonds is 2. The first kappa shape index (κ1) is 8.62. The summed E-state index contributed by atoms with van der Waals surface area (Å²) in [5.74, 6) is 1.33. The quantitative estimate of drug-likeness (QED) is 0.676. The maximum Gasteiger partial charge on any atom is 0.195 e. The van der Waals surface area contributed by atoms with Gasteiger partial charge in [0.25, 0.3) is 0 Å². The molecule has 0 radical (unpaired) electrons. The van der Waals surface area contributed by atoms with Crippen molar-refractivity contribution in [3.8, 4) is 0 Å². The molecule has 0 aliphatic heterocycles. The van der Waals surface area contributed by atoms with E-state index in [1.54, 1.807) is 24.7 Å². The second-order valence-corrected chi connectivity index (χ2v) is 2.84. The summed E-state index contributed by atoms with van der Waals surface area (Å²) in [6.07, 6.45) is 5.15. The highest BCUT2D eigenvalue weighted by atomic mass is 16.5. The first-order valence-electron chi connectivity index (χ1n) is 4.22. The summed E-state index contributed by atoms with van der Waals surface area (Å²) < 4.78 is 4.87. The highest BCUT2D eigenvalue weighted by Crippen LogP contribution is 2.10. The summed E-state index contributed by atoms with van der Waals surface area (Å²) in [5.41, 5.74) is 0.938. The fourth-order valence-electron chi connectivity index (χ4n) is 1.01. The van der Waals surface area contributed by atoms with Crippen LogP contribution in [-0.4, -0.2) is 16.4 Å². The van der Waals surface area contributed by atoms with Crippen LogP contribution in [0.25, 0.3) is 0 Å². The third-order valence-electron chi connectivity index (χ3n) is 1.65. The van der Waals surface area contributed by atoms with Crippen LogP contribution in [0.4, 0.5) is 5.82 Å². The first-order chi connectivity index (χ1) is 6.84. The Morgan fingerprint density at radius 2 is 2.43 bits per heavy atom. The van der Waals surface area contributed by atoms with Crippen LogP contribution in [0.3, 0.4) is 0 Å². The molecule has 14 heavy (non-hydrogen) atoms. The fourth-order valence-corrected chi connectivity index (χ4v) is 1.01. The van der Waals surface area contributed by atoms with Gasteiger partial charge in [-0.2, -0.15) is 0 Å². The molecule has 0 saturated heterocycles. The fraction of sp³-hybridized carbons (Fsp3) is 0.100. The van der Waals surface area contributed by atoms with Crippen LogP contribution in [0.2, 0.25) is 0 Å². The van der Waals surface area contributed by atoms with Crippen LogP contribution < -0.4 is 0 Å². The van der Waals surface area contributed by atoms with E-state index in [1.807, 2.05) is 19.1 Å². The summed E-state index contributed by atoms with van der Waals surface area (Å²) in [5, 5.41) is 3.74. The van der Waals surface area contributed by atoms with Crippen LogP contribution in [0.1, 0.15) is 11.3 Å². The van der Waals surface area contributed by atoms with Gasteiger partial charge in [0, 0.05) is 30.2 Å². The van der Waals surface area contributed by atoms with Crippen molar-refractivity contribution in [2.45, 2.75) is 6.92 Å². The molecule has 0 spiro atoms.